The van der Waals surface area contributed by atoms with Gasteiger partial charge in [0.05, 0.1) is 5.69 Å². The number of aromatic nitrogens is 2. The minimum atomic E-state index is -1.17. The highest BCUT2D eigenvalue weighted by atomic mass is 32.2. The Morgan fingerprint density at radius 2 is 1.88 bits per heavy atom. The van der Waals surface area contributed by atoms with Gasteiger partial charge in [-0.05, 0) is 35.9 Å². The fourth-order valence-electron chi connectivity index (χ4n) is 2.19. The summed E-state index contributed by atoms with van der Waals surface area (Å²) in [5, 5.41) is 13.7. The van der Waals surface area contributed by atoms with Gasteiger partial charge in [-0.2, -0.15) is 0 Å². The quantitative estimate of drug-likeness (QED) is 0.511. The zero-order chi connectivity index (χ0) is 17.6. The summed E-state index contributed by atoms with van der Waals surface area (Å²) in [5.74, 6) is -0.786. The molecule has 0 saturated carbocycles. The number of thioether (sulfide) groups is 1. The van der Waals surface area contributed by atoms with Crippen LogP contribution in [0.3, 0.4) is 0 Å². The summed E-state index contributed by atoms with van der Waals surface area (Å²) in [4.78, 5) is 8.26. The van der Waals surface area contributed by atoms with Crippen LogP contribution in [-0.2, 0) is 5.75 Å². The SMILES string of the molecule is OC(Nc1ccc(F)cc1F)c1cccnc1SCc1ccncc1. The van der Waals surface area contributed by atoms with E-state index >= 15 is 0 Å². The van der Waals surface area contributed by atoms with Gasteiger partial charge in [0.15, 0.2) is 6.23 Å². The first-order valence-electron chi connectivity index (χ1n) is 7.50. The van der Waals surface area contributed by atoms with Gasteiger partial charge >= 0.3 is 0 Å². The zero-order valence-corrected chi connectivity index (χ0v) is 13.9. The molecule has 1 aromatic carbocycles. The van der Waals surface area contributed by atoms with Gasteiger partial charge in [0.1, 0.15) is 16.7 Å². The van der Waals surface area contributed by atoms with Crippen LogP contribution in [-0.4, -0.2) is 15.1 Å². The van der Waals surface area contributed by atoms with Crippen molar-refractivity contribution in [2.24, 2.45) is 0 Å². The molecule has 3 aromatic rings. The summed E-state index contributed by atoms with van der Waals surface area (Å²) in [6.45, 7) is 0. The van der Waals surface area contributed by atoms with Crippen LogP contribution in [0.15, 0.2) is 66.1 Å². The fourth-order valence-corrected chi connectivity index (χ4v) is 3.17. The molecule has 0 radical (unpaired) electrons. The van der Waals surface area contributed by atoms with E-state index < -0.39 is 17.9 Å². The first-order valence-corrected chi connectivity index (χ1v) is 8.48. The van der Waals surface area contributed by atoms with E-state index in [2.05, 4.69) is 15.3 Å². The Bertz CT molecular complexity index is 849. The van der Waals surface area contributed by atoms with E-state index in [9.17, 15) is 13.9 Å². The van der Waals surface area contributed by atoms with E-state index in [1.807, 2.05) is 12.1 Å². The summed E-state index contributed by atoms with van der Waals surface area (Å²) in [6.07, 6.45) is 3.88. The van der Waals surface area contributed by atoms with Gasteiger partial charge < -0.3 is 10.4 Å². The lowest BCUT2D eigenvalue weighted by Gasteiger charge is -2.17. The van der Waals surface area contributed by atoms with Crippen LogP contribution < -0.4 is 5.32 Å². The highest BCUT2D eigenvalue weighted by Crippen LogP contribution is 2.29. The summed E-state index contributed by atoms with van der Waals surface area (Å²) in [5.41, 5.74) is 1.61. The van der Waals surface area contributed by atoms with Gasteiger partial charge in [-0.3, -0.25) is 4.98 Å². The van der Waals surface area contributed by atoms with E-state index in [0.717, 1.165) is 17.7 Å². The average Bonchev–Trinajstić information content (AvgIpc) is 2.63. The van der Waals surface area contributed by atoms with Crippen LogP contribution in [0.1, 0.15) is 17.4 Å². The van der Waals surface area contributed by atoms with Crippen LogP contribution in [0, 0.1) is 11.6 Å². The molecule has 0 bridgehead atoms. The standard InChI is InChI=1S/C18H15F2N3OS/c19-13-3-4-16(15(20)10-13)23-17(24)14-2-1-7-22-18(14)25-11-12-5-8-21-9-6-12/h1-10,17,23-24H,11H2. The topological polar surface area (TPSA) is 58.0 Å². The Labute approximate surface area is 148 Å². The Balaban J connectivity index is 1.75. The molecule has 1 atom stereocenters. The molecule has 1 unspecified atom stereocenters. The number of halogens is 2. The van der Waals surface area contributed by atoms with Gasteiger partial charge in [-0.15, -0.1) is 11.8 Å². The van der Waals surface area contributed by atoms with E-state index in [0.29, 0.717) is 16.3 Å². The van der Waals surface area contributed by atoms with Gasteiger partial charge in [-0.25, -0.2) is 13.8 Å². The Morgan fingerprint density at radius 1 is 1.08 bits per heavy atom. The second-order valence-corrected chi connectivity index (χ2v) is 6.18. The molecule has 0 spiro atoms. The fraction of sp³-hybridized carbons (Fsp3) is 0.111. The molecule has 4 nitrogen and oxygen atoms in total. The van der Waals surface area contributed by atoms with E-state index in [-0.39, 0.29) is 5.69 Å². The van der Waals surface area contributed by atoms with Crippen LogP contribution in [0.5, 0.6) is 0 Å². The third kappa shape index (κ3) is 4.52. The summed E-state index contributed by atoms with van der Waals surface area (Å²) in [6, 6.07) is 10.3. The van der Waals surface area contributed by atoms with Crippen molar-refractivity contribution in [2.75, 3.05) is 5.32 Å². The van der Waals surface area contributed by atoms with Crippen LogP contribution >= 0.6 is 11.8 Å². The lowest BCUT2D eigenvalue weighted by atomic mass is 10.2. The first kappa shape index (κ1) is 17.3. The smallest absolute Gasteiger partial charge is 0.153 e. The number of aliphatic hydroxyl groups is 1. The maximum atomic E-state index is 13.8. The number of hydrogen-bond donors (Lipinski definition) is 2. The lowest BCUT2D eigenvalue weighted by Crippen LogP contribution is -2.12. The molecular formula is C18H15F2N3OS. The molecule has 0 aliphatic rings. The van der Waals surface area contributed by atoms with E-state index in [4.69, 9.17) is 0 Å². The Hall–Kier alpha value is -2.51. The maximum Gasteiger partial charge on any atom is 0.153 e. The summed E-state index contributed by atoms with van der Waals surface area (Å²) < 4.78 is 26.7. The van der Waals surface area contributed by atoms with Crippen molar-refractivity contribution in [3.05, 3.63) is 83.8 Å². The van der Waals surface area contributed by atoms with E-state index in [1.165, 1.54) is 17.8 Å². The second kappa shape index (κ2) is 8.04. The van der Waals surface area contributed by atoms with Crippen LogP contribution in [0.4, 0.5) is 14.5 Å². The van der Waals surface area contributed by atoms with Gasteiger partial charge in [0, 0.05) is 36.0 Å². The Kier molecular flexibility index (Phi) is 5.57. The number of pyridine rings is 2. The highest BCUT2D eigenvalue weighted by molar-refractivity contribution is 7.98. The molecule has 2 aromatic heterocycles. The largest absolute Gasteiger partial charge is 0.369 e. The molecular weight excluding hydrogens is 344 g/mol. The average molecular weight is 359 g/mol. The monoisotopic (exact) mass is 359 g/mol. The lowest BCUT2D eigenvalue weighted by molar-refractivity contribution is 0.204. The molecule has 0 fully saturated rings. The molecule has 0 saturated heterocycles. The predicted octanol–water partition coefficient (Wildman–Crippen LogP) is 4.15. The normalized spacial score (nSPS) is 12.0. The van der Waals surface area contributed by atoms with Crippen LogP contribution in [0.25, 0.3) is 0 Å². The van der Waals surface area contributed by atoms with E-state index in [1.54, 1.807) is 30.7 Å². The number of aliphatic hydroxyl groups excluding tert-OH is 1. The van der Waals surface area contributed by atoms with Crippen molar-refractivity contribution in [3.63, 3.8) is 0 Å². The maximum absolute atomic E-state index is 13.8. The molecule has 0 aliphatic carbocycles. The van der Waals surface area contributed by atoms with Gasteiger partial charge in [0.2, 0.25) is 0 Å². The Morgan fingerprint density at radius 3 is 2.64 bits per heavy atom. The van der Waals surface area contributed by atoms with Crippen molar-refractivity contribution < 1.29 is 13.9 Å². The molecule has 2 N–H and O–H groups in total. The van der Waals surface area contributed by atoms with Gasteiger partial charge in [-0.1, -0.05) is 6.07 Å². The van der Waals surface area contributed by atoms with Crippen molar-refractivity contribution >= 4 is 17.4 Å². The number of rotatable bonds is 6. The second-order valence-electron chi connectivity index (χ2n) is 5.21. The summed E-state index contributed by atoms with van der Waals surface area (Å²) >= 11 is 1.45. The molecule has 7 heteroatoms. The van der Waals surface area contributed by atoms with Crippen molar-refractivity contribution in [3.8, 4) is 0 Å². The zero-order valence-electron chi connectivity index (χ0n) is 13.1. The molecule has 0 amide bonds. The molecule has 25 heavy (non-hydrogen) atoms. The molecule has 2 heterocycles. The number of benzene rings is 1. The third-order valence-corrected chi connectivity index (χ3v) is 4.54. The minimum absolute atomic E-state index is 0.0165. The molecule has 0 aliphatic heterocycles. The number of nitrogens with one attached hydrogen (secondary N) is 1. The highest BCUT2D eigenvalue weighted by Gasteiger charge is 2.15. The number of nitrogens with zero attached hydrogens (tertiary/aromatic N) is 2. The molecule has 128 valence electrons. The molecule has 3 rings (SSSR count). The number of anilines is 1. The van der Waals surface area contributed by atoms with Crippen molar-refractivity contribution in [1.29, 1.82) is 0 Å². The third-order valence-electron chi connectivity index (χ3n) is 3.44. The summed E-state index contributed by atoms with van der Waals surface area (Å²) in [7, 11) is 0. The van der Waals surface area contributed by atoms with Gasteiger partial charge in [0.25, 0.3) is 0 Å². The number of hydrogen-bond acceptors (Lipinski definition) is 5. The van der Waals surface area contributed by atoms with Crippen molar-refractivity contribution in [1.82, 2.24) is 9.97 Å². The minimum Gasteiger partial charge on any atom is -0.369 e. The first-order chi connectivity index (χ1) is 12.1. The predicted molar refractivity (Wildman–Crippen MR) is 93.0 cm³/mol. The van der Waals surface area contributed by atoms with Crippen LogP contribution in [0.2, 0.25) is 0 Å². The van der Waals surface area contributed by atoms with Crippen molar-refractivity contribution in [2.45, 2.75) is 17.0 Å².